The Labute approximate surface area is 96.7 Å². The van der Waals surface area contributed by atoms with E-state index in [1.165, 1.54) is 12.8 Å². The van der Waals surface area contributed by atoms with Crippen LogP contribution in [0.4, 0.5) is 0 Å². The Balaban J connectivity index is 0.000000101. The fraction of sp³-hybridized carbons (Fsp3) is 0.714. The lowest BCUT2D eigenvalue weighted by Gasteiger charge is -2.08. The van der Waals surface area contributed by atoms with Crippen LogP contribution >= 0.6 is 0 Å². The molecule has 0 aromatic heterocycles. The van der Waals surface area contributed by atoms with Gasteiger partial charge in [-0.1, -0.05) is 24.3 Å². The number of allylic oxidation sites excluding steroid dienone is 2. The summed E-state index contributed by atoms with van der Waals surface area (Å²) in [5.74, 6) is 2.46. The van der Waals surface area contributed by atoms with Crippen molar-refractivity contribution in [2.75, 3.05) is 0 Å². The summed E-state index contributed by atoms with van der Waals surface area (Å²) in [5.41, 5.74) is 0. The number of hydrogen-bond donors (Lipinski definition) is 2. The molecule has 0 spiro atoms. The second-order valence-electron chi connectivity index (χ2n) is 5.70. The van der Waals surface area contributed by atoms with Gasteiger partial charge < -0.3 is 10.2 Å². The van der Waals surface area contributed by atoms with Gasteiger partial charge in [0.1, 0.15) is 0 Å². The molecule has 2 N–H and O–H groups in total. The van der Waals surface area contributed by atoms with Crippen LogP contribution in [0.3, 0.4) is 0 Å². The molecule has 2 nitrogen and oxygen atoms in total. The minimum absolute atomic E-state index is 0.00926. The van der Waals surface area contributed by atoms with E-state index in [0.29, 0.717) is 11.8 Å². The summed E-state index contributed by atoms with van der Waals surface area (Å²) in [6, 6.07) is 0. The third kappa shape index (κ3) is 1.85. The smallest absolute Gasteiger partial charge is 0.0608 e. The molecule has 0 heterocycles. The molecular formula is C14H20O2. The van der Waals surface area contributed by atoms with Gasteiger partial charge in [-0.3, -0.25) is 0 Å². The van der Waals surface area contributed by atoms with E-state index in [-0.39, 0.29) is 12.2 Å². The maximum Gasteiger partial charge on any atom is 0.0608 e. The molecule has 4 aliphatic rings. The first-order valence-corrected chi connectivity index (χ1v) is 6.45. The Morgan fingerprint density at radius 2 is 1.06 bits per heavy atom. The van der Waals surface area contributed by atoms with Crippen LogP contribution in [0, 0.1) is 23.7 Å². The minimum Gasteiger partial charge on any atom is -0.392 e. The largest absolute Gasteiger partial charge is 0.392 e. The Hall–Kier alpha value is -0.600. The average Bonchev–Trinajstić information content (AvgIpc) is 2.94. The van der Waals surface area contributed by atoms with E-state index in [4.69, 9.17) is 10.2 Å². The van der Waals surface area contributed by atoms with Gasteiger partial charge in [-0.15, -0.1) is 0 Å². The van der Waals surface area contributed by atoms with Crippen molar-refractivity contribution in [2.45, 2.75) is 37.9 Å². The molecule has 2 fully saturated rings. The van der Waals surface area contributed by atoms with E-state index in [1.807, 2.05) is 0 Å². The van der Waals surface area contributed by atoms with Crippen LogP contribution < -0.4 is 0 Å². The molecule has 4 aliphatic carbocycles. The van der Waals surface area contributed by atoms with E-state index >= 15 is 0 Å². The third-order valence-electron chi connectivity index (χ3n) is 4.49. The van der Waals surface area contributed by atoms with Gasteiger partial charge >= 0.3 is 0 Å². The standard InChI is InChI=1S/2C7H10O/c2*8-7-4-5-1-2-6(7)3-5/h2*1-2,5-8H,3-4H2. The topological polar surface area (TPSA) is 40.5 Å². The maximum atomic E-state index is 9.17. The van der Waals surface area contributed by atoms with Crippen LogP contribution in [0.15, 0.2) is 24.3 Å². The van der Waals surface area contributed by atoms with Crippen molar-refractivity contribution in [3.63, 3.8) is 0 Å². The Kier molecular flexibility index (Phi) is 2.64. The first-order valence-electron chi connectivity index (χ1n) is 6.45. The molecule has 4 bridgehead atoms. The van der Waals surface area contributed by atoms with Crippen molar-refractivity contribution in [1.82, 2.24) is 0 Å². The van der Waals surface area contributed by atoms with Crippen molar-refractivity contribution < 1.29 is 10.2 Å². The fourth-order valence-corrected chi connectivity index (χ4v) is 3.50. The van der Waals surface area contributed by atoms with Crippen molar-refractivity contribution in [3.05, 3.63) is 24.3 Å². The Bertz CT molecular complexity index is 289. The number of rotatable bonds is 0. The summed E-state index contributed by atoms with van der Waals surface area (Å²) in [4.78, 5) is 0. The number of fused-ring (bicyclic) bond motifs is 4. The summed E-state index contributed by atoms with van der Waals surface area (Å²) in [5, 5.41) is 18.3. The molecule has 0 aliphatic heterocycles. The first-order chi connectivity index (χ1) is 7.72. The fourth-order valence-electron chi connectivity index (χ4n) is 3.50. The zero-order valence-electron chi connectivity index (χ0n) is 9.50. The molecule has 2 heteroatoms. The summed E-state index contributed by atoms with van der Waals surface area (Å²) >= 11 is 0. The molecular weight excluding hydrogens is 200 g/mol. The minimum atomic E-state index is -0.00926. The van der Waals surface area contributed by atoms with Gasteiger partial charge in [0.2, 0.25) is 0 Å². The summed E-state index contributed by atoms with van der Waals surface area (Å²) in [7, 11) is 0. The van der Waals surface area contributed by atoms with Crippen molar-refractivity contribution in [3.8, 4) is 0 Å². The van der Waals surface area contributed by atoms with E-state index in [2.05, 4.69) is 24.3 Å². The van der Waals surface area contributed by atoms with Crippen LogP contribution in [0.5, 0.6) is 0 Å². The maximum absolute atomic E-state index is 9.17. The van der Waals surface area contributed by atoms with Crippen LogP contribution in [0.25, 0.3) is 0 Å². The number of aliphatic hydroxyl groups excluding tert-OH is 2. The summed E-state index contributed by atoms with van der Waals surface area (Å²) < 4.78 is 0. The predicted molar refractivity (Wildman–Crippen MR) is 62.7 cm³/mol. The zero-order valence-corrected chi connectivity index (χ0v) is 9.50. The molecule has 0 amide bonds. The van der Waals surface area contributed by atoms with Gasteiger partial charge in [-0.2, -0.15) is 0 Å². The molecule has 0 aromatic carbocycles. The molecule has 6 atom stereocenters. The highest BCUT2D eigenvalue weighted by molar-refractivity contribution is 5.11. The normalized spacial score (nSPS) is 50.9. The van der Waals surface area contributed by atoms with Crippen LogP contribution in [-0.4, -0.2) is 22.4 Å². The van der Waals surface area contributed by atoms with Gasteiger partial charge in [0.05, 0.1) is 12.2 Å². The summed E-state index contributed by atoms with van der Waals surface area (Å²) in [6.45, 7) is 0. The van der Waals surface area contributed by atoms with E-state index in [9.17, 15) is 0 Å². The molecule has 88 valence electrons. The molecule has 0 aromatic rings. The second-order valence-corrected chi connectivity index (χ2v) is 5.70. The van der Waals surface area contributed by atoms with Crippen LogP contribution in [0.1, 0.15) is 25.7 Å². The Morgan fingerprint density at radius 3 is 1.19 bits per heavy atom. The SMILES string of the molecule is OC1CC2C=CC1C2.OC1CC2C=CC1C2. The van der Waals surface area contributed by atoms with Crippen molar-refractivity contribution >= 4 is 0 Å². The van der Waals surface area contributed by atoms with Crippen molar-refractivity contribution in [2.24, 2.45) is 23.7 Å². The van der Waals surface area contributed by atoms with Crippen LogP contribution in [-0.2, 0) is 0 Å². The number of aliphatic hydroxyl groups is 2. The predicted octanol–water partition coefficient (Wildman–Crippen LogP) is 1.89. The van der Waals surface area contributed by atoms with Gasteiger partial charge in [-0.05, 0) is 37.5 Å². The molecule has 16 heavy (non-hydrogen) atoms. The lowest BCUT2D eigenvalue weighted by Crippen LogP contribution is -2.11. The summed E-state index contributed by atoms with van der Waals surface area (Å²) in [6.07, 6.45) is 13.2. The quantitative estimate of drug-likeness (QED) is 0.612. The molecule has 6 unspecified atom stereocenters. The molecule has 0 radical (unpaired) electrons. The molecule has 2 saturated carbocycles. The second kappa shape index (κ2) is 4.01. The highest BCUT2D eigenvalue weighted by Crippen LogP contribution is 2.39. The highest BCUT2D eigenvalue weighted by atomic mass is 16.3. The van der Waals surface area contributed by atoms with Gasteiger partial charge in [0, 0.05) is 11.8 Å². The van der Waals surface area contributed by atoms with Gasteiger partial charge in [0.15, 0.2) is 0 Å². The third-order valence-corrected chi connectivity index (χ3v) is 4.49. The van der Waals surface area contributed by atoms with Crippen LogP contribution in [0.2, 0.25) is 0 Å². The van der Waals surface area contributed by atoms with Gasteiger partial charge in [0.25, 0.3) is 0 Å². The number of hydrogen-bond acceptors (Lipinski definition) is 2. The van der Waals surface area contributed by atoms with E-state index in [1.54, 1.807) is 0 Å². The lowest BCUT2D eigenvalue weighted by atomic mass is 10.1. The van der Waals surface area contributed by atoms with E-state index < -0.39 is 0 Å². The monoisotopic (exact) mass is 220 g/mol. The molecule has 4 rings (SSSR count). The van der Waals surface area contributed by atoms with Gasteiger partial charge in [-0.25, -0.2) is 0 Å². The Morgan fingerprint density at radius 1 is 0.625 bits per heavy atom. The zero-order chi connectivity index (χ0) is 11.1. The van der Waals surface area contributed by atoms with E-state index in [0.717, 1.165) is 24.7 Å². The lowest BCUT2D eigenvalue weighted by molar-refractivity contribution is 0.148. The first kappa shape index (κ1) is 10.5. The van der Waals surface area contributed by atoms with Crippen molar-refractivity contribution in [1.29, 1.82) is 0 Å². The molecule has 0 saturated heterocycles. The average molecular weight is 220 g/mol. The highest BCUT2D eigenvalue weighted by Gasteiger charge is 2.34.